The highest BCUT2D eigenvalue weighted by Crippen LogP contribution is 2.45. The third kappa shape index (κ3) is 74.9. The first kappa shape index (κ1) is 100. The summed E-state index contributed by atoms with van der Waals surface area (Å²) in [5.41, 5.74) is 0. The summed E-state index contributed by atoms with van der Waals surface area (Å²) in [6.07, 6.45) is 59.9. The van der Waals surface area contributed by atoms with Gasteiger partial charge in [0.1, 0.15) is 19.3 Å². The van der Waals surface area contributed by atoms with Crippen molar-refractivity contribution in [1.29, 1.82) is 0 Å². The van der Waals surface area contributed by atoms with Crippen LogP contribution in [0.5, 0.6) is 0 Å². The molecule has 0 aromatic heterocycles. The van der Waals surface area contributed by atoms with Crippen LogP contribution in [0.4, 0.5) is 0 Å². The summed E-state index contributed by atoms with van der Waals surface area (Å²) in [6.45, 7) is 14.3. The lowest BCUT2D eigenvalue weighted by Crippen LogP contribution is -2.30. The standard InChI is InChI=1S/C83H162O17P2/c1-9-76(8)62-54-46-37-31-24-20-16-12-10-11-13-17-22-26-33-39-49-57-65-82(87)100-79(70-94-81(86)64-56-48-42-41-45-53-61-75(6)7)72-98-102(91,92)96-68-77(84)67-95-101(89,90)97-71-78(99-83(88)66-58-50-40-34-28-27-30-36-44-52-60-74(4)5)69-93-80(85)63-55-47-38-32-25-21-18-14-15-19-23-29-35-43-51-59-73(2)3/h73-79,84H,9-72H2,1-8H3,(H,89,90)(H,91,92)/t76?,77-,78-,79-/m1/s1. The Morgan fingerprint density at radius 1 is 0.275 bits per heavy atom. The Bertz CT molecular complexity index is 1990. The Kier molecular flexibility index (Phi) is 70.6. The van der Waals surface area contributed by atoms with Crippen molar-refractivity contribution in [1.82, 2.24) is 0 Å². The molecule has 0 saturated carbocycles. The van der Waals surface area contributed by atoms with Crippen LogP contribution < -0.4 is 0 Å². The first-order valence-corrected chi connectivity index (χ1v) is 45.7. The molecule has 0 spiro atoms. The van der Waals surface area contributed by atoms with Crippen LogP contribution in [0.2, 0.25) is 0 Å². The lowest BCUT2D eigenvalue weighted by Gasteiger charge is -2.21. The number of carbonyl (C=O) groups excluding carboxylic acids is 4. The van der Waals surface area contributed by atoms with E-state index in [1.54, 1.807) is 0 Å². The Hall–Kier alpha value is -1.94. The molecule has 3 N–H and O–H groups in total. The summed E-state index contributed by atoms with van der Waals surface area (Å²) in [5.74, 6) is 0.994. The highest BCUT2D eigenvalue weighted by Gasteiger charge is 2.30. The van der Waals surface area contributed by atoms with E-state index in [9.17, 15) is 43.2 Å². The molecule has 0 aliphatic carbocycles. The molecule has 0 heterocycles. The molecule has 17 nitrogen and oxygen atoms in total. The second-order valence-electron chi connectivity index (χ2n) is 31.5. The van der Waals surface area contributed by atoms with Gasteiger partial charge in [0.15, 0.2) is 12.2 Å². The van der Waals surface area contributed by atoms with Crippen molar-refractivity contribution >= 4 is 39.5 Å². The molecule has 0 rings (SSSR count). The average molecular weight is 1490 g/mol. The molecule has 19 heteroatoms. The van der Waals surface area contributed by atoms with Gasteiger partial charge >= 0.3 is 39.5 Å². The monoisotopic (exact) mass is 1490 g/mol. The minimum Gasteiger partial charge on any atom is -0.462 e. The molecule has 3 unspecified atom stereocenters. The quantitative estimate of drug-likeness (QED) is 0.0222. The van der Waals surface area contributed by atoms with Gasteiger partial charge < -0.3 is 33.8 Å². The zero-order chi connectivity index (χ0) is 75.3. The Labute approximate surface area is 626 Å². The molecule has 0 fully saturated rings. The number of phosphoric ester groups is 2. The number of aliphatic hydroxyl groups excluding tert-OH is 1. The summed E-state index contributed by atoms with van der Waals surface area (Å²) in [7, 11) is -9.92. The van der Waals surface area contributed by atoms with Crippen LogP contribution in [-0.4, -0.2) is 96.7 Å². The molecular formula is C83H162O17P2. The van der Waals surface area contributed by atoms with Gasteiger partial charge in [-0.15, -0.1) is 0 Å². The van der Waals surface area contributed by atoms with Crippen LogP contribution >= 0.6 is 15.6 Å². The predicted molar refractivity (Wildman–Crippen MR) is 418 cm³/mol. The van der Waals surface area contributed by atoms with Crippen LogP contribution in [0, 0.1) is 23.7 Å². The molecule has 0 bridgehead atoms. The number of ether oxygens (including phenoxy) is 4. The van der Waals surface area contributed by atoms with E-state index in [2.05, 4.69) is 55.4 Å². The number of phosphoric acid groups is 2. The maximum absolute atomic E-state index is 13.1. The van der Waals surface area contributed by atoms with Crippen molar-refractivity contribution in [2.75, 3.05) is 39.6 Å². The van der Waals surface area contributed by atoms with Gasteiger partial charge in [-0.3, -0.25) is 37.3 Å². The number of rotatable bonds is 80. The van der Waals surface area contributed by atoms with E-state index in [-0.39, 0.29) is 25.7 Å². The minimum absolute atomic E-state index is 0.106. The number of carbonyl (C=O) groups is 4. The predicted octanol–water partition coefficient (Wildman–Crippen LogP) is 24.8. The second kappa shape index (κ2) is 72.0. The van der Waals surface area contributed by atoms with Gasteiger partial charge in [-0.1, -0.05) is 376 Å². The summed E-state index contributed by atoms with van der Waals surface area (Å²) < 4.78 is 68.7. The number of esters is 4. The molecule has 0 amide bonds. The number of unbranched alkanes of at least 4 members (excludes halogenated alkanes) is 45. The van der Waals surface area contributed by atoms with Gasteiger partial charge in [0.05, 0.1) is 26.4 Å². The summed E-state index contributed by atoms with van der Waals surface area (Å²) in [6, 6.07) is 0. The Morgan fingerprint density at radius 3 is 0.696 bits per heavy atom. The largest absolute Gasteiger partial charge is 0.472 e. The molecule has 0 radical (unpaired) electrons. The average Bonchev–Trinajstić information content (AvgIpc) is 0.920. The van der Waals surface area contributed by atoms with Crippen LogP contribution in [0.3, 0.4) is 0 Å². The molecule has 0 aliphatic rings. The number of hydrogen-bond donors (Lipinski definition) is 3. The van der Waals surface area contributed by atoms with E-state index in [1.807, 2.05) is 0 Å². The molecule has 0 saturated heterocycles. The van der Waals surface area contributed by atoms with Crippen molar-refractivity contribution in [3.8, 4) is 0 Å². The fraction of sp³-hybridized carbons (Fsp3) is 0.952. The van der Waals surface area contributed by atoms with Gasteiger partial charge in [0.2, 0.25) is 0 Å². The van der Waals surface area contributed by atoms with Crippen molar-refractivity contribution in [2.45, 2.75) is 446 Å². The SMILES string of the molecule is CCC(C)CCCCCCCCCCCCCCCCCCCCC(=O)O[C@H](COC(=O)CCCCCCCCC(C)C)COP(=O)(O)OC[C@H](O)COP(=O)(O)OC[C@@H](COC(=O)CCCCCCCCCCCCCCCCCC(C)C)OC(=O)CCCCCCCCCCCCC(C)C. The van der Waals surface area contributed by atoms with E-state index in [0.717, 1.165) is 114 Å². The zero-order valence-electron chi connectivity index (χ0n) is 67.2. The van der Waals surface area contributed by atoms with E-state index < -0.39 is 97.5 Å². The first-order valence-electron chi connectivity index (χ1n) is 42.7. The smallest absolute Gasteiger partial charge is 0.462 e. The molecule has 606 valence electrons. The topological polar surface area (TPSA) is 237 Å². The molecule has 0 aliphatic heterocycles. The lowest BCUT2D eigenvalue weighted by atomic mass is 9.99. The maximum Gasteiger partial charge on any atom is 0.472 e. The molecule has 6 atom stereocenters. The van der Waals surface area contributed by atoms with Crippen molar-refractivity contribution < 1.29 is 80.2 Å². The molecular weight excluding hydrogens is 1330 g/mol. The lowest BCUT2D eigenvalue weighted by molar-refractivity contribution is -0.161. The van der Waals surface area contributed by atoms with Gasteiger partial charge in [-0.2, -0.15) is 0 Å². The van der Waals surface area contributed by atoms with Crippen molar-refractivity contribution in [2.24, 2.45) is 23.7 Å². The summed E-state index contributed by atoms with van der Waals surface area (Å²) in [5, 5.41) is 10.6. The third-order valence-electron chi connectivity index (χ3n) is 19.7. The normalized spacial score (nSPS) is 14.3. The molecule has 0 aromatic carbocycles. The fourth-order valence-corrected chi connectivity index (χ4v) is 14.3. The van der Waals surface area contributed by atoms with Crippen LogP contribution in [0.1, 0.15) is 428 Å². The minimum atomic E-state index is -4.96. The molecule has 102 heavy (non-hydrogen) atoms. The van der Waals surface area contributed by atoms with E-state index in [1.165, 1.54) is 225 Å². The van der Waals surface area contributed by atoms with Gasteiger partial charge in [0, 0.05) is 25.7 Å². The Balaban J connectivity index is 5.16. The van der Waals surface area contributed by atoms with E-state index in [0.29, 0.717) is 31.6 Å². The van der Waals surface area contributed by atoms with Gasteiger partial charge in [-0.25, -0.2) is 9.13 Å². The number of aliphatic hydroxyl groups is 1. The van der Waals surface area contributed by atoms with Crippen LogP contribution in [-0.2, 0) is 65.4 Å². The van der Waals surface area contributed by atoms with Crippen LogP contribution in [0.25, 0.3) is 0 Å². The summed E-state index contributed by atoms with van der Waals surface area (Å²) in [4.78, 5) is 73.0. The maximum atomic E-state index is 13.1. The highest BCUT2D eigenvalue weighted by molar-refractivity contribution is 7.47. The summed E-state index contributed by atoms with van der Waals surface area (Å²) >= 11 is 0. The Morgan fingerprint density at radius 2 is 0.471 bits per heavy atom. The second-order valence-corrected chi connectivity index (χ2v) is 34.4. The highest BCUT2D eigenvalue weighted by atomic mass is 31.2. The number of hydrogen-bond acceptors (Lipinski definition) is 15. The van der Waals surface area contributed by atoms with E-state index in [4.69, 9.17) is 37.0 Å². The third-order valence-corrected chi connectivity index (χ3v) is 21.6. The van der Waals surface area contributed by atoms with Gasteiger partial charge in [-0.05, 0) is 49.4 Å². The van der Waals surface area contributed by atoms with E-state index >= 15 is 0 Å². The van der Waals surface area contributed by atoms with Crippen LogP contribution in [0.15, 0.2) is 0 Å². The van der Waals surface area contributed by atoms with Crippen molar-refractivity contribution in [3.63, 3.8) is 0 Å². The van der Waals surface area contributed by atoms with Gasteiger partial charge in [0.25, 0.3) is 0 Å². The first-order chi connectivity index (χ1) is 49.1. The molecule has 0 aromatic rings. The fourth-order valence-electron chi connectivity index (χ4n) is 12.8. The zero-order valence-corrected chi connectivity index (χ0v) is 69.0. The van der Waals surface area contributed by atoms with Crippen molar-refractivity contribution in [3.05, 3.63) is 0 Å².